The third-order valence-corrected chi connectivity index (χ3v) is 2.30. The van der Waals surface area contributed by atoms with E-state index in [0.717, 1.165) is 18.1 Å². The molecule has 0 saturated carbocycles. The molecule has 86 valence electrons. The number of hydrogen-bond acceptors (Lipinski definition) is 4. The number of nitrogens with zero attached hydrogens (tertiary/aromatic N) is 4. The molecular formula is C10H16N6. The van der Waals surface area contributed by atoms with Crippen LogP contribution in [-0.2, 0) is 6.54 Å². The van der Waals surface area contributed by atoms with Gasteiger partial charge < -0.3 is 10.3 Å². The predicted molar refractivity (Wildman–Crippen MR) is 60.7 cm³/mol. The molecule has 2 heterocycles. The highest BCUT2D eigenvalue weighted by Gasteiger charge is 2.10. The SMILES string of the molecule is CC(C)c1nc(-c2cn(CCN)cn2)n[nH]1. The minimum absolute atomic E-state index is 0.340. The van der Waals surface area contributed by atoms with E-state index in [4.69, 9.17) is 5.73 Å². The van der Waals surface area contributed by atoms with Gasteiger partial charge in [0.15, 0.2) is 0 Å². The molecule has 0 radical (unpaired) electrons. The summed E-state index contributed by atoms with van der Waals surface area (Å²) in [4.78, 5) is 8.62. The Morgan fingerprint density at radius 2 is 2.31 bits per heavy atom. The maximum absolute atomic E-state index is 5.47. The molecule has 0 aliphatic carbocycles. The molecule has 0 fully saturated rings. The van der Waals surface area contributed by atoms with Crippen molar-refractivity contribution in [2.45, 2.75) is 26.3 Å². The fourth-order valence-corrected chi connectivity index (χ4v) is 1.39. The van der Waals surface area contributed by atoms with Gasteiger partial charge in [-0.2, -0.15) is 5.10 Å². The van der Waals surface area contributed by atoms with Crippen molar-refractivity contribution >= 4 is 0 Å². The van der Waals surface area contributed by atoms with Crippen LogP contribution in [0.3, 0.4) is 0 Å². The van der Waals surface area contributed by atoms with Gasteiger partial charge in [-0.25, -0.2) is 9.97 Å². The number of aromatic nitrogens is 5. The summed E-state index contributed by atoms with van der Waals surface area (Å²) >= 11 is 0. The lowest BCUT2D eigenvalue weighted by atomic mass is 10.2. The van der Waals surface area contributed by atoms with Crippen molar-refractivity contribution in [2.75, 3.05) is 6.54 Å². The second-order valence-corrected chi connectivity index (χ2v) is 3.98. The summed E-state index contributed by atoms with van der Waals surface area (Å²) in [6.45, 7) is 5.49. The molecule has 0 aromatic carbocycles. The average molecular weight is 220 g/mol. The van der Waals surface area contributed by atoms with E-state index >= 15 is 0 Å². The first-order valence-electron chi connectivity index (χ1n) is 5.35. The van der Waals surface area contributed by atoms with Crippen molar-refractivity contribution in [2.24, 2.45) is 5.73 Å². The Balaban J connectivity index is 2.21. The smallest absolute Gasteiger partial charge is 0.201 e. The van der Waals surface area contributed by atoms with Gasteiger partial charge in [-0.1, -0.05) is 13.8 Å². The van der Waals surface area contributed by atoms with Crippen LogP contribution in [0.4, 0.5) is 0 Å². The highest BCUT2D eigenvalue weighted by Crippen LogP contribution is 2.15. The number of nitrogens with one attached hydrogen (secondary N) is 1. The molecule has 0 atom stereocenters. The zero-order chi connectivity index (χ0) is 11.5. The third-order valence-electron chi connectivity index (χ3n) is 2.30. The maximum Gasteiger partial charge on any atom is 0.201 e. The van der Waals surface area contributed by atoms with Crippen LogP contribution >= 0.6 is 0 Å². The van der Waals surface area contributed by atoms with E-state index in [1.54, 1.807) is 6.33 Å². The molecule has 0 bridgehead atoms. The second kappa shape index (κ2) is 4.44. The van der Waals surface area contributed by atoms with E-state index in [1.165, 1.54) is 0 Å². The minimum Gasteiger partial charge on any atom is -0.335 e. The third kappa shape index (κ3) is 2.11. The summed E-state index contributed by atoms with van der Waals surface area (Å²) in [6.07, 6.45) is 3.65. The zero-order valence-corrected chi connectivity index (χ0v) is 9.51. The van der Waals surface area contributed by atoms with Gasteiger partial charge in [0, 0.05) is 25.2 Å². The Morgan fingerprint density at radius 1 is 1.50 bits per heavy atom. The van der Waals surface area contributed by atoms with Gasteiger partial charge in [-0.05, 0) is 0 Å². The van der Waals surface area contributed by atoms with E-state index in [-0.39, 0.29) is 0 Å². The number of hydrogen-bond donors (Lipinski definition) is 2. The molecule has 6 nitrogen and oxygen atoms in total. The monoisotopic (exact) mass is 220 g/mol. The molecule has 2 aromatic rings. The largest absolute Gasteiger partial charge is 0.335 e. The van der Waals surface area contributed by atoms with Crippen LogP contribution in [0.25, 0.3) is 11.5 Å². The van der Waals surface area contributed by atoms with Crippen molar-refractivity contribution in [3.05, 3.63) is 18.3 Å². The van der Waals surface area contributed by atoms with Crippen LogP contribution in [0.1, 0.15) is 25.6 Å². The highest BCUT2D eigenvalue weighted by atomic mass is 15.2. The molecule has 2 rings (SSSR count). The summed E-state index contributed by atoms with van der Waals surface area (Å²) in [5, 5.41) is 7.05. The van der Waals surface area contributed by atoms with E-state index in [0.29, 0.717) is 18.3 Å². The van der Waals surface area contributed by atoms with Gasteiger partial charge in [0.1, 0.15) is 11.5 Å². The Hall–Kier alpha value is -1.69. The van der Waals surface area contributed by atoms with Gasteiger partial charge in [-0.3, -0.25) is 5.10 Å². The molecule has 3 N–H and O–H groups in total. The lowest BCUT2D eigenvalue weighted by molar-refractivity contribution is 0.708. The van der Waals surface area contributed by atoms with Crippen molar-refractivity contribution in [1.29, 1.82) is 0 Å². The molecular weight excluding hydrogens is 204 g/mol. The van der Waals surface area contributed by atoms with Crippen LogP contribution in [0.2, 0.25) is 0 Å². The molecule has 0 aliphatic heterocycles. The number of imidazole rings is 1. The first-order valence-corrected chi connectivity index (χ1v) is 5.35. The Kier molecular flexibility index (Phi) is 3.00. The summed E-state index contributed by atoms with van der Waals surface area (Å²) in [5.41, 5.74) is 6.24. The molecule has 6 heteroatoms. The molecule has 0 spiro atoms. The minimum atomic E-state index is 0.340. The number of nitrogens with two attached hydrogens (primary N) is 1. The molecule has 0 amide bonds. The Bertz CT molecular complexity index is 455. The van der Waals surface area contributed by atoms with E-state index in [1.807, 2.05) is 10.8 Å². The van der Waals surface area contributed by atoms with E-state index in [9.17, 15) is 0 Å². The summed E-state index contributed by atoms with van der Waals surface area (Å²) < 4.78 is 1.93. The summed E-state index contributed by atoms with van der Waals surface area (Å²) in [5.74, 6) is 1.86. The lowest BCUT2D eigenvalue weighted by Crippen LogP contribution is -2.07. The number of aromatic amines is 1. The quantitative estimate of drug-likeness (QED) is 0.796. The van der Waals surface area contributed by atoms with Gasteiger partial charge in [0.2, 0.25) is 5.82 Å². The molecule has 2 aromatic heterocycles. The van der Waals surface area contributed by atoms with Crippen LogP contribution in [0.15, 0.2) is 12.5 Å². The number of rotatable bonds is 4. The fraction of sp³-hybridized carbons (Fsp3) is 0.500. The Morgan fingerprint density at radius 3 is 2.94 bits per heavy atom. The second-order valence-electron chi connectivity index (χ2n) is 3.98. The fourth-order valence-electron chi connectivity index (χ4n) is 1.39. The number of H-pyrrole nitrogens is 1. The zero-order valence-electron chi connectivity index (χ0n) is 9.51. The van der Waals surface area contributed by atoms with Crippen LogP contribution in [0, 0.1) is 0 Å². The van der Waals surface area contributed by atoms with Crippen LogP contribution in [0.5, 0.6) is 0 Å². The van der Waals surface area contributed by atoms with Gasteiger partial charge >= 0.3 is 0 Å². The molecule has 0 aliphatic rings. The topological polar surface area (TPSA) is 85.4 Å². The van der Waals surface area contributed by atoms with Gasteiger partial charge in [0.05, 0.1) is 6.33 Å². The Labute approximate surface area is 93.9 Å². The normalized spacial score (nSPS) is 11.2. The first-order chi connectivity index (χ1) is 7.70. The first kappa shape index (κ1) is 10.8. The van der Waals surface area contributed by atoms with E-state index in [2.05, 4.69) is 34.0 Å². The lowest BCUT2D eigenvalue weighted by Gasteiger charge is -1.95. The van der Waals surface area contributed by atoms with Crippen molar-refractivity contribution in [3.8, 4) is 11.5 Å². The average Bonchev–Trinajstić information content (AvgIpc) is 2.84. The maximum atomic E-state index is 5.47. The summed E-state index contributed by atoms with van der Waals surface area (Å²) in [7, 11) is 0. The van der Waals surface area contributed by atoms with Crippen molar-refractivity contribution in [1.82, 2.24) is 24.7 Å². The summed E-state index contributed by atoms with van der Waals surface area (Å²) in [6, 6.07) is 0. The van der Waals surface area contributed by atoms with Crippen LogP contribution < -0.4 is 5.73 Å². The highest BCUT2D eigenvalue weighted by molar-refractivity contribution is 5.46. The standard InChI is InChI=1S/C10H16N6/c1-7(2)9-13-10(15-14-9)8-5-16(4-3-11)6-12-8/h5-7H,3-4,11H2,1-2H3,(H,13,14,15). The van der Waals surface area contributed by atoms with E-state index < -0.39 is 0 Å². The van der Waals surface area contributed by atoms with Crippen molar-refractivity contribution < 1.29 is 0 Å². The predicted octanol–water partition coefficient (Wildman–Crippen LogP) is 0.750. The molecule has 0 unspecified atom stereocenters. The molecule has 16 heavy (non-hydrogen) atoms. The van der Waals surface area contributed by atoms with Crippen molar-refractivity contribution in [3.63, 3.8) is 0 Å². The van der Waals surface area contributed by atoms with Crippen LogP contribution in [-0.4, -0.2) is 31.3 Å². The van der Waals surface area contributed by atoms with Gasteiger partial charge in [0.25, 0.3) is 0 Å². The van der Waals surface area contributed by atoms with Gasteiger partial charge in [-0.15, -0.1) is 0 Å². The molecule has 0 saturated heterocycles.